The van der Waals surface area contributed by atoms with Crippen molar-refractivity contribution in [3.63, 3.8) is 0 Å². The van der Waals surface area contributed by atoms with E-state index in [4.69, 9.17) is 4.74 Å². The van der Waals surface area contributed by atoms with Gasteiger partial charge in [0.2, 0.25) is 0 Å². The monoisotopic (exact) mass is 378 g/mol. The van der Waals surface area contributed by atoms with E-state index in [1.165, 1.54) is 12.1 Å². The summed E-state index contributed by atoms with van der Waals surface area (Å²) in [5, 5.41) is 20.1. The van der Waals surface area contributed by atoms with Crippen LogP contribution < -0.4 is 15.4 Å². The van der Waals surface area contributed by atoms with Crippen molar-refractivity contribution < 1.29 is 9.13 Å². The highest BCUT2D eigenvalue weighted by molar-refractivity contribution is 5.73. The standard InChI is InChI=1S/C20H19FN6O/c1-12-10-23-13(2)16-11-24-27-8-6-19(26-20(16)27)25-17(5-7-22)15-9-14(21)3-4-18(15)28-12/h3-4,6,8-9,11-12,17,23H,2,5,10H2,1H3,(H,25,26)/t12-,17+/m0/s1. The minimum Gasteiger partial charge on any atom is -0.489 e. The molecule has 0 spiro atoms. The fourth-order valence-electron chi connectivity index (χ4n) is 3.19. The highest BCUT2D eigenvalue weighted by atomic mass is 19.1. The predicted molar refractivity (Wildman–Crippen MR) is 103 cm³/mol. The molecular weight excluding hydrogens is 359 g/mol. The van der Waals surface area contributed by atoms with E-state index in [9.17, 15) is 9.65 Å². The maximum atomic E-state index is 14.0. The Bertz CT molecular complexity index is 1090. The van der Waals surface area contributed by atoms with E-state index in [0.29, 0.717) is 35.0 Å². The number of nitrogens with zero attached hydrogens (tertiary/aromatic N) is 4. The number of hydrogen-bond acceptors (Lipinski definition) is 6. The van der Waals surface area contributed by atoms with Gasteiger partial charge in [-0.25, -0.2) is 13.9 Å². The third-order valence-electron chi connectivity index (χ3n) is 4.59. The second kappa shape index (κ2) is 7.19. The molecule has 0 fully saturated rings. The van der Waals surface area contributed by atoms with E-state index in [1.54, 1.807) is 29.0 Å². The molecule has 4 rings (SSSR count). The quantitative estimate of drug-likeness (QED) is 0.676. The van der Waals surface area contributed by atoms with E-state index < -0.39 is 11.9 Å². The average Bonchev–Trinajstić information content (AvgIpc) is 3.10. The Morgan fingerprint density at radius 1 is 1.43 bits per heavy atom. The molecule has 2 aromatic heterocycles. The summed E-state index contributed by atoms with van der Waals surface area (Å²) < 4.78 is 21.7. The normalized spacial score (nSPS) is 19.2. The lowest BCUT2D eigenvalue weighted by molar-refractivity contribution is 0.220. The van der Waals surface area contributed by atoms with Crippen LogP contribution in [-0.2, 0) is 0 Å². The maximum Gasteiger partial charge on any atom is 0.166 e. The molecule has 8 heteroatoms. The van der Waals surface area contributed by atoms with Gasteiger partial charge in [-0.1, -0.05) is 6.58 Å². The van der Waals surface area contributed by atoms with Crippen molar-refractivity contribution in [3.05, 3.63) is 60.2 Å². The van der Waals surface area contributed by atoms with Crippen molar-refractivity contribution >= 4 is 17.2 Å². The third kappa shape index (κ3) is 3.34. The van der Waals surface area contributed by atoms with Crippen molar-refractivity contribution in [3.8, 4) is 11.8 Å². The van der Waals surface area contributed by atoms with Crippen LogP contribution in [0, 0.1) is 17.1 Å². The first-order valence-corrected chi connectivity index (χ1v) is 8.92. The van der Waals surface area contributed by atoms with Gasteiger partial charge in [-0.05, 0) is 31.2 Å². The molecule has 0 aliphatic carbocycles. The van der Waals surface area contributed by atoms with Crippen molar-refractivity contribution in [2.45, 2.75) is 25.5 Å². The maximum absolute atomic E-state index is 14.0. The summed E-state index contributed by atoms with van der Waals surface area (Å²) in [5.74, 6) is 0.680. The molecule has 2 N–H and O–H groups in total. The molecule has 7 nitrogen and oxygen atoms in total. The Morgan fingerprint density at radius 3 is 3.11 bits per heavy atom. The first kappa shape index (κ1) is 17.8. The van der Waals surface area contributed by atoms with Crippen LogP contribution in [0.2, 0.25) is 0 Å². The molecule has 0 amide bonds. The smallest absolute Gasteiger partial charge is 0.166 e. The Hall–Kier alpha value is -3.60. The van der Waals surface area contributed by atoms with Crippen molar-refractivity contribution in [2.75, 3.05) is 11.9 Å². The Balaban J connectivity index is 1.85. The lowest BCUT2D eigenvalue weighted by atomic mass is 10.0. The highest BCUT2D eigenvalue weighted by Crippen LogP contribution is 2.32. The van der Waals surface area contributed by atoms with Crippen LogP contribution in [0.25, 0.3) is 11.3 Å². The lowest BCUT2D eigenvalue weighted by Crippen LogP contribution is -2.28. The molecule has 2 bridgehead atoms. The van der Waals surface area contributed by atoms with Gasteiger partial charge < -0.3 is 15.4 Å². The zero-order valence-corrected chi connectivity index (χ0v) is 15.3. The fraction of sp³-hybridized carbons (Fsp3) is 0.250. The van der Waals surface area contributed by atoms with E-state index in [1.807, 2.05) is 6.92 Å². The summed E-state index contributed by atoms with van der Waals surface area (Å²) in [7, 11) is 0. The minimum atomic E-state index is -0.485. The zero-order chi connectivity index (χ0) is 19.7. The number of ether oxygens (including phenoxy) is 1. The molecule has 2 atom stereocenters. The molecule has 0 radical (unpaired) electrons. The first-order chi connectivity index (χ1) is 13.5. The minimum absolute atomic E-state index is 0.123. The van der Waals surface area contributed by atoms with Gasteiger partial charge in [0.1, 0.15) is 23.5 Å². The number of anilines is 1. The van der Waals surface area contributed by atoms with E-state index in [0.717, 1.165) is 5.56 Å². The fourth-order valence-corrected chi connectivity index (χ4v) is 3.19. The van der Waals surface area contributed by atoms with Crippen LogP contribution in [0.1, 0.15) is 30.5 Å². The van der Waals surface area contributed by atoms with E-state index >= 15 is 0 Å². The molecule has 1 aromatic carbocycles. The number of halogens is 1. The van der Waals surface area contributed by atoms with Crippen LogP contribution in [0.5, 0.6) is 5.75 Å². The molecule has 1 aliphatic rings. The molecule has 3 aromatic rings. The molecule has 0 saturated carbocycles. The number of nitriles is 1. The van der Waals surface area contributed by atoms with E-state index in [2.05, 4.69) is 33.4 Å². The Kier molecular flexibility index (Phi) is 4.57. The largest absolute Gasteiger partial charge is 0.489 e. The second-order valence-corrected chi connectivity index (χ2v) is 6.67. The van der Waals surface area contributed by atoms with Gasteiger partial charge in [0.05, 0.1) is 36.8 Å². The highest BCUT2D eigenvalue weighted by Gasteiger charge is 2.21. The summed E-state index contributed by atoms with van der Waals surface area (Å²) in [5.41, 5.74) is 2.66. The summed E-state index contributed by atoms with van der Waals surface area (Å²) in [6.45, 7) is 6.48. The predicted octanol–water partition coefficient (Wildman–Crippen LogP) is 3.28. The van der Waals surface area contributed by atoms with Gasteiger partial charge in [-0.2, -0.15) is 10.4 Å². The number of aromatic nitrogens is 3. The zero-order valence-electron chi connectivity index (χ0n) is 15.3. The van der Waals surface area contributed by atoms with Crippen LogP contribution in [-0.4, -0.2) is 27.2 Å². The van der Waals surface area contributed by atoms with Gasteiger partial charge in [-0.15, -0.1) is 0 Å². The molecule has 1 aliphatic heterocycles. The van der Waals surface area contributed by atoms with Crippen LogP contribution in [0.15, 0.2) is 43.2 Å². The summed E-state index contributed by atoms with van der Waals surface area (Å²) in [6, 6.07) is 7.76. The van der Waals surface area contributed by atoms with Crippen LogP contribution >= 0.6 is 0 Å². The van der Waals surface area contributed by atoms with Gasteiger partial charge >= 0.3 is 0 Å². The SMILES string of the molecule is C=C1NC[C@H](C)Oc2ccc(F)cc2[C@@H](CC#N)Nc2ccn3ncc1c3n2. The van der Waals surface area contributed by atoms with Crippen molar-refractivity contribution in [2.24, 2.45) is 0 Å². The Labute approximate surface area is 161 Å². The van der Waals surface area contributed by atoms with Crippen molar-refractivity contribution in [1.82, 2.24) is 19.9 Å². The summed E-state index contributed by atoms with van der Waals surface area (Å²) >= 11 is 0. The summed E-state index contributed by atoms with van der Waals surface area (Å²) in [4.78, 5) is 4.62. The number of fused-ring (bicyclic) bond motifs is 2. The average molecular weight is 378 g/mol. The molecular formula is C20H19FN6O. The van der Waals surface area contributed by atoms with Crippen LogP contribution in [0.3, 0.4) is 0 Å². The molecule has 0 saturated heterocycles. The Morgan fingerprint density at radius 2 is 2.29 bits per heavy atom. The number of hydrogen-bond donors (Lipinski definition) is 2. The van der Waals surface area contributed by atoms with Gasteiger partial charge in [0.15, 0.2) is 5.65 Å². The van der Waals surface area contributed by atoms with Gasteiger partial charge in [-0.3, -0.25) is 0 Å². The summed E-state index contributed by atoms with van der Waals surface area (Å²) in [6.07, 6.45) is 3.38. The lowest BCUT2D eigenvalue weighted by Gasteiger charge is -2.23. The molecule has 3 heterocycles. The topological polar surface area (TPSA) is 87.3 Å². The van der Waals surface area contributed by atoms with Crippen molar-refractivity contribution in [1.29, 1.82) is 5.26 Å². The molecule has 28 heavy (non-hydrogen) atoms. The molecule has 142 valence electrons. The first-order valence-electron chi connectivity index (χ1n) is 8.92. The molecule has 0 unspecified atom stereocenters. The third-order valence-corrected chi connectivity index (χ3v) is 4.59. The van der Waals surface area contributed by atoms with Gasteiger partial charge in [0.25, 0.3) is 0 Å². The van der Waals surface area contributed by atoms with E-state index in [-0.39, 0.29) is 12.5 Å². The second-order valence-electron chi connectivity index (χ2n) is 6.67. The van der Waals surface area contributed by atoms with Crippen LogP contribution in [0.4, 0.5) is 10.2 Å². The number of benzene rings is 1. The van der Waals surface area contributed by atoms with Gasteiger partial charge in [0, 0.05) is 17.5 Å². The number of nitrogens with one attached hydrogen (secondary N) is 2. The number of rotatable bonds is 1.